The molecule has 120 valence electrons. The van der Waals surface area contributed by atoms with Crippen molar-refractivity contribution in [3.63, 3.8) is 0 Å². The number of amides is 1. The Labute approximate surface area is 135 Å². The van der Waals surface area contributed by atoms with Crippen molar-refractivity contribution in [3.05, 3.63) is 29.0 Å². The number of aliphatic hydroxyl groups excluding tert-OH is 1. The summed E-state index contributed by atoms with van der Waals surface area (Å²) >= 11 is 5.83. The summed E-state index contributed by atoms with van der Waals surface area (Å²) < 4.78 is 5.49. The minimum Gasteiger partial charge on any atom is -0.444 e. The number of carbonyl (C=O) groups excluding carboxylic acids is 1. The van der Waals surface area contributed by atoms with E-state index in [4.69, 9.17) is 16.3 Å². The van der Waals surface area contributed by atoms with Crippen LogP contribution in [0.4, 0.5) is 4.79 Å². The van der Waals surface area contributed by atoms with E-state index in [1.54, 1.807) is 17.2 Å². The molecule has 22 heavy (non-hydrogen) atoms. The molecule has 0 aliphatic carbocycles. The minimum atomic E-state index is -0.540. The maximum Gasteiger partial charge on any atom is 0.410 e. The summed E-state index contributed by atoms with van der Waals surface area (Å²) in [4.78, 5) is 18.3. The van der Waals surface area contributed by atoms with Gasteiger partial charge in [-0.25, -0.2) is 9.78 Å². The van der Waals surface area contributed by atoms with Crippen molar-refractivity contribution in [1.29, 1.82) is 0 Å². The van der Waals surface area contributed by atoms with Crippen molar-refractivity contribution in [2.45, 2.75) is 63.3 Å². The Hall–Kier alpha value is -1.33. The van der Waals surface area contributed by atoms with Gasteiger partial charge < -0.3 is 9.84 Å². The second-order valence-corrected chi connectivity index (χ2v) is 7.48. The highest BCUT2D eigenvalue weighted by Gasteiger charge is 2.55. The van der Waals surface area contributed by atoms with E-state index >= 15 is 0 Å². The highest BCUT2D eigenvalue weighted by molar-refractivity contribution is 6.29. The van der Waals surface area contributed by atoms with Crippen molar-refractivity contribution in [3.8, 4) is 0 Å². The molecular formula is C16H21ClN2O3. The van der Waals surface area contributed by atoms with E-state index in [2.05, 4.69) is 4.98 Å². The number of hydrogen-bond donors (Lipinski definition) is 1. The molecule has 2 bridgehead atoms. The Bertz CT molecular complexity index is 570. The van der Waals surface area contributed by atoms with Gasteiger partial charge in [0.15, 0.2) is 0 Å². The molecule has 1 N–H and O–H groups in total. The third kappa shape index (κ3) is 2.79. The van der Waals surface area contributed by atoms with Crippen LogP contribution in [0.1, 0.15) is 45.1 Å². The standard InChI is InChI=1S/C16H21ClN2O3/c1-16(2,3)22-15(21)19-10-6-11(14(19)12(20)7-10)9-4-5-13(17)18-8-9/h4-5,8,10-12,14,20H,6-7H2,1-3H3. The van der Waals surface area contributed by atoms with Gasteiger partial charge in [0.2, 0.25) is 0 Å². The van der Waals surface area contributed by atoms with Gasteiger partial charge in [0.1, 0.15) is 10.8 Å². The fourth-order valence-electron chi connectivity index (χ4n) is 3.59. The molecule has 0 radical (unpaired) electrons. The number of aliphatic hydroxyl groups is 1. The number of aromatic nitrogens is 1. The number of pyridine rings is 1. The monoisotopic (exact) mass is 324 g/mol. The summed E-state index contributed by atoms with van der Waals surface area (Å²) in [5.74, 6) is 0.0750. The number of fused-ring (bicyclic) bond motifs is 2. The summed E-state index contributed by atoms with van der Waals surface area (Å²) in [7, 11) is 0. The van der Waals surface area contributed by atoms with Crippen molar-refractivity contribution in [2.24, 2.45) is 0 Å². The van der Waals surface area contributed by atoms with Crippen LogP contribution in [0.25, 0.3) is 0 Å². The molecule has 0 spiro atoms. The van der Waals surface area contributed by atoms with Gasteiger partial charge in [0, 0.05) is 18.2 Å². The second kappa shape index (κ2) is 5.39. The first-order chi connectivity index (χ1) is 10.3. The van der Waals surface area contributed by atoms with Gasteiger partial charge in [0.05, 0.1) is 12.1 Å². The maximum atomic E-state index is 12.5. The normalized spacial score (nSPS) is 30.7. The largest absolute Gasteiger partial charge is 0.444 e. The molecule has 1 amide bonds. The lowest BCUT2D eigenvalue weighted by atomic mass is 9.83. The van der Waals surface area contributed by atoms with E-state index in [1.807, 2.05) is 26.8 Å². The Morgan fingerprint density at radius 2 is 2.14 bits per heavy atom. The van der Waals surface area contributed by atoms with E-state index < -0.39 is 11.7 Å². The average Bonchev–Trinajstić information content (AvgIpc) is 2.91. The first-order valence-electron chi connectivity index (χ1n) is 7.57. The Balaban J connectivity index is 1.83. The zero-order valence-electron chi connectivity index (χ0n) is 13.0. The van der Waals surface area contributed by atoms with Gasteiger partial charge >= 0.3 is 6.09 Å². The third-order valence-corrected chi connectivity index (χ3v) is 4.57. The first kappa shape index (κ1) is 15.6. The van der Waals surface area contributed by atoms with Gasteiger partial charge in [-0.15, -0.1) is 0 Å². The Kier molecular flexibility index (Phi) is 3.81. The lowest BCUT2D eigenvalue weighted by Gasteiger charge is -2.29. The van der Waals surface area contributed by atoms with Gasteiger partial charge in [-0.1, -0.05) is 17.7 Å². The van der Waals surface area contributed by atoms with E-state index in [0.29, 0.717) is 11.6 Å². The molecule has 0 saturated carbocycles. The lowest BCUT2D eigenvalue weighted by Crippen LogP contribution is -2.42. The van der Waals surface area contributed by atoms with Gasteiger partial charge in [-0.05, 0) is 45.2 Å². The minimum absolute atomic E-state index is 0.0236. The fraction of sp³-hybridized carbons (Fsp3) is 0.625. The molecule has 1 aromatic heterocycles. The van der Waals surface area contributed by atoms with Crippen LogP contribution < -0.4 is 0 Å². The summed E-state index contributed by atoms with van der Waals surface area (Å²) in [5.41, 5.74) is 0.464. The van der Waals surface area contributed by atoms with Crippen molar-refractivity contribution in [2.75, 3.05) is 0 Å². The number of ether oxygens (including phenoxy) is 1. The summed E-state index contributed by atoms with van der Waals surface area (Å²) in [6, 6.07) is 3.44. The maximum absolute atomic E-state index is 12.5. The molecule has 2 aliphatic rings. The number of hydrogen-bond acceptors (Lipinski definition) is 4. The number of rotatable bonds is 1. The molecule has 2 saturated heterocycles. The molecule has 4 atom stereocenters. The molecule has 4 unspecified atom stereocenters. The molecule has 6 heteroatoms. The van der Waals surface area contributed by atoms with Crippen LogP contribution in [0.2, 0.25) is 5.15 Å². The highest BCUT2D eigenvalue weighted by atomic mass is 35.5. The van der Waals surface area contributed by atoms with E-state index in [-0.39, 0.29) is 24.1 Å². The quantitative estimate of drug-likeness (QED) is 0.807. The molecule has 5 nitrogen and oxygen atoms in total. The summed E-state index contributed by atoms with van der Waals surface area (Å²) in [6.07, 6.45) is 2.30. The molecule has 3 heterocycles. The number of halogens is 1. The molecule has 2 aliphatic heterocycles. The van der Waals surface area contributed by atoms with Crippen molar-refractivity contribution >= 4 is 17.7 Å². The smallest absolute Gasteiger partial charge is 0.410 e. The van der Waals surface area contributed by atoms with Gasteiger partial charge in [-0.3, -0.25) is 4.90 Å². The van der Waals surface area contributed by atoms with Crippen LogP contribution >= 0.6 is 11.6 Å². The van der Waals surface area contributed by atoms with Gasteiger partial charge in [0.25, 0.3) is 0 Å². The van der Waals surface area contributed by atoms with Gasteiger partial charge in [-0.2, -0.15) is 0 Å². The van der Waals surface area contributed by atoms with Crippen LogP contribution in [-0.4, -0.2) is 44.9 Å². The predicted molar refractivity (Wildman–Crippen MR) is 82.9 cm³/mol. The lowest BCUT2D eigenvalue weighted by molar-refractivity contribution is 0.0159. The van der Waals surface area contributed by atoms with Crippen molar-refractivity contribution < 1.29 is 14.6 Å². The fourth-order valence-corrected chi connectivity index (χ4v) is 3.70. The molecule has 0 aromatic carbocycles. The van der Waals surface area contributed by atoms with Crippen LogP contribution in [0.5, 0.6) is 0 Å². The SMILES string of the molecule is CC(C)(C)OC(=O)N1C2CC(O)C1C(c1ccc(Cl)nc1)C2. The molecule has 3 rings (SSSR count). The van der Waals surface area contributed by atoms with Crippen LogP contribution in [0.3, 0.4) is 0 Å². The third-order valence-electron chi connectivity index (χ3n) is 4.34. The summed E-state index contributed by atoms with van der Waals surface area (Å²) in [6.45, 7) is 5.54. The van der Waals surface area contributed by atoms with E-state index in [1.165, 1.54) is 0 Å². The van der Waals surface area contributed by atoms with Crippen LogP contribution in [0.15, 0.2) is 18.3 Å². The van der Waals surface area contributed by atoms with Crippen LogP contribution in [0, 0.1) is 0 Å². The first-order valence-corrected chi connectivity index (χ1v) is 7.95. The highest BCUT2D eigenvalue weighted by Crippen LogP contribution is 2.47. The number of nitrogens with zero attached hydrogens (tertiary/aromatic N) is 2. The van der Waals surface area contributed by atoms with E-state index in [0.717, 1.165) is 12.0 Å². The Morgan fingerprint density at radius 1 is 1.41 bits per heavy atom. The zero-order chi connectivity index (χ0) is 16.1. The molecule has 1 aromatic rings. The second-order valence-electron chi connectivity index (χ2n) is 7.09. The molecular weight excluding hydrogens is 304 g/mol. The van der Waals surface area contributed by atoms with E-state index in [9.17, 15) is 9.90 Å². The van der Waals surface area contributed by atoms with Crippen LogP contribution in [-0.2, 0) is 4.74 Å². The average molecular weight is 325 g/mol. The van der Waals surface area contributed by atoms with Crippen molar-refractivity contribution in [1.82, 2.24) is 9.88 Å². The summed E-state index contributed by atoms with van der Waals surface area (Å²) in [5, 5.41) is 10.8. The number of carbonyl (C=O) groups is 1. The topological polar surface area (TPSA) is 62.7 Å². The zero-order valence-corrected chi connectivity index (χ0v) is 13.7. The Morgan fingerprint density at radius 3 is 2.73 bits per heavy atom. The predicted octanol–water partition coefficient (Wildman–Crippen LogP) is 2.96. The molecule has 2 fully saturated rings.